The van der Waals surface area contributed by atoms with Gasteiger partial charge in [-0.1, -0.05) is 24.3 Å². The summed E-state index contributed by atoms with van der Waals surface area (Å²) in [6, 6.07) is 15.4. The van der Waals surface area contributed by atoms with Gasteiger partial charge in [-0.3, -0.25) is 4.79 Å². The van der Waals surface area contributed by atoms with Crippen LogP contribution < -0.4 is 10.6 Å². The van der Waals surface area contributed by atoms with E-state index >= 15 is 0 Å². The molecule has 2 heterocycles. The van der Waals surface area contributed by atoms with Crippen LogP contribution in [0.4, 0.5) is 10.2 Å². The maximum absolute atomic E-state index is 13.0. The third-order valence-corrected chi connectivity index (χ3v) is 5.64. The van der Waals surface area contributed by atoms with E-state index in [9.17, 15) is 9.18 Å². The summed E-state index contributed by atoms with van der Waals surface area (Å²) in [5, 5.41) is 7.28. The largest absolute Gasteiger partial charge is 0.365 e. The first-order chi connectivity index (χ1) is 14.5. The van der Waals surface area contributed by atoms with Crippen molar-refractivity contribution in [1.29, 1.82) is 0 Å². The van der Waals surface area contributed by atoms with Crippen LogP contribution in [-0.2, 0) is 13.1 Å². The molecule has 1 amide bonds. The number of carbonyl (C=O) groups is 1. The standard InChI is InChI=1S/C22H18ClFN4OS/c1-13-10-18-19(27-22(23)28-21(18)30-13)25-11-14-2-6-16(7-3-14)20(29)26-12-15-4-8-17(24)9-5-15/h2-10H,11-12H2,1H3,(H,26,29)(H,25,27,28). The molecule has 0 aliphatic rings. The number of aryl methyl sites for hydroxylation is 1. The summed E-state index contributed by atoms with van der Waals surface area (Å²) in [4.78, 5) is 22.9. The van der Waals surface area contributed by atoms with Crippen LogP contribution in [0.1, 0.15) is 26.4 Å². The average Bonchev–Trinajstić information content (AvgIpc) is 3.11. The smallest absolute Gasteiger partial charge is 0.251 e. The van der Waals surface area contributed by atoms with Crippen LogP contribution >= 0.6 is 22.9 Å². The topological polar surface area (TPSA) is 66.9 Å². The van der Waals surface area contributed by atoms with Crippen LogP contribution in [0.2, 0.25) is 5.28 Å². The van der Waals surface area contributed by atoms with Crippen molar-refractivity contribution in [2.45, 2.75) is 20.0 Å². The molecule has 0 spiro atoms. The Balaban J connectivity index is 1.38. The lowest BCUT2D eigenvalue weighted by molar-refractivity contribution is 0.0951. The van der Waals surface area contributed by atoms with Crippen LogP contribution in [0.5, 0.6) is 0 Å². The van der Waals surface area contributed by atoms with Crippen molar-refractivity contribution in [2.75, 3.05) is 5.32 Å². The first-order valence-electron chi connectivity index (χ1n) is 9.27. The minimum atomic E-state index is -0.298. The van der Waals surface area contributed by atoms with Gasteiger partial charge in [0.2, 0.25) is 5.28 Å². The third-order valence-electron chi connectivity index (χ3n) is 4.53. The van der Waals surface area contributed by atoms with Gasteiger partial charge in [-0.25, -0.2) is 14.4 Å². The first kappa shape index (κ1) is 20.3. The van der Waals surface area contributed by atoms with Crippen molar-refractivity contribution in [3.63, 3.8) is 0 Å². The molecule has 0 radical (unpaired) electrons. The number of carbonyl (C=O) groups excluding carboxylic acids is 1. The van der Waals surface area contributed by atoms with Gasteiger partial charge in [0.05, 0.1) is 5.39 Å². The molecule has 0 fully saturated rings. The van der Waals surface area contributed by atoms with Gasteiger partial charge in [-0.15, -0.1) is 11.3 Å². The van der Waals surface area contributed by atoms with E-state index < -0.39 is 0 Å². The molecule has 8 heteroatoms. The van der Waals surface area contributed by atoms with Crippen molar-refractivity contribution in [1.82, 2.24) is 15.3 Å². The second-order valence-electron chi connectivity index (χ2n) is 6.78. The van der Waals surface area contributed by atoms with E-state index in [0.717, 1.165) is 26.2 Å². The van der Waals surface area contributed by atoms with Gasteiger partial charge in [-0.05, 0) is 60.0 Å². The Hall–Kier alpha value is -3.03. The van der Waals surface area contributed by atoms with Crippen LogP contribution in [0.15, 0.2) is 54.6 Å². The molecule has 2 N–H and O–H groups in total. The zero-order valence-corrected chi connectivity index (χ0v) is 17.6. The van der Waals surface area contributed by atoms with Crippen LogP contribution in [0, 0.1) is 12.7 Å². The van der Waals surface area contributed by atoms with Crippen molar-refractivity contribution in [3.05, 3.63) is 87.3 Å². The molecule has 0 atom stereocenters. The molecule has 2 aromatic carbocycles. The Morgan fingerprint density at radius 3 is 2.43 bits per heavy atom. The summed E-state index contributed by atoms with van der Waals surface area (Å²) in [5.41, 5.74) is 2.39. The van der Waals surface area contributed by atoms with Gasteiger partial charge in [0.15, 0.2) is 0 Å². The molecular formula is C22H18ClFN4OS. The number of anilines is 1. The predicted molar refractivity (Wildman–Crippen MR) is 119 cm³/mol. The molecular weight excluding hydrogens is 423 g/mol. The van der Waals surface area contributed by atoms with Gasteiger partial charge in [0.25, 0.3) is 5.91 Å². The Labute approximate surface area is 181 Å². The quantitative estimate of drug-likeness (QED) is 0.397. The normalized spacial score (nSPS) is 10.9. The first-order valence-corrected chi connectivity index (χ1v) is 10.5. The highest BCUT2D eigenvalue weighted by atomic mass is 35.5. The fourth-order valence-corrected chi connectivity index (χ4v) is 4.10. The highest BCUT2D eigenvalue weighted by Crippen LogP contribution is 2.29. The molecule has 2 aromatic heterocycles. The molecule has 152 valence electrons. The van der Waals surface area contributed by atoms with E-state index in [1.807, 2.05) is 25.1 Å². The minimum Gasteiger partial charge on any atom is -0.365 e. The van der Waals surface area contributed by atoms with Gasteiger partial charge < -0.3 is 10.6 Å². The second kappa shape index (κ2) is 8.77. The lowest BCUT2D eigenvalue weighted by atomic mass is 10.1. The Morgan fingerprint density at radius 1 is 1.03 bits per heavy atom. The van der Waals surface area contributed by atoms with E-state index in [4.69, 9.17) is 11.6 Å². The van der Waals surface area contributed by atoms with Crippen LogP contribution in [0.25, 0.3) is 10.2 Å². The number of nitrogens with zero attached hydrogens (tertiary/aromatic N) is 2. The van der Waals surface area contributed by atoms with Crippen LogP contribution in [-0.4, -0.2) is 15.9 Å². The highest BCUT2D eigenvalue weighted by molar-refractivity contribution is 7.18. The van der Waals surface area contributed by atoms with E-state index in [-0.39, 0.29) is 17.0 Å². The van der Waals surface area contributed by atoms with E-state index in [1.165, 1.54) is 12.1 Å². The monoisotopic (exact) mass is 440 g/mol. The second-order valence-corrected chi connectivity index (χ2v) is 8.35. The Bertz CT molecular complexity index is 1190. The zero-order chi connectivity index (χ0) is 21.1. The predicted octanol–water partition coefficient (Wildman–Crippen LogP) is 5.33. The molecule has 0 saturated carbocycles. The zero-order valence-electron chi connectivity index (χ0n) is 16.1. The summed E-state index contributed by atoms with van der Waals surface area (Å²) in [6.07, 6.45) is 0. The third kappa shape index (κ3) is 4.75. The van der Waals surface area contributed by atoms with Gasteiger partial charge in [-0.2, -0.15) is 0 Å². The fourth-order valence-electron chi connectivity index (χ4n) is 3.00. The fraction of sp³-hybridized carbons (Fsp3) is 0.136. The summed E-state index contributed by atoms with van der Waals surface area (Å²) in [5.74, 6) is 0.209. The van der Waals surface area contributed by atoms with Crippen molar-refractivity contribution in [2.24, 2.45) is 0 Å². The molecule has 0 unspecified atom stereocenters. The summed E-state index contributed by atoms with van der Waals surface area (Å²) in [7, 11) is 0. The number of benzene rings is 2. The maximum Gasteiger partial charge on any atom is 0.251 e. The summed E-state index contributed by atoms with van der Waals surface area (Å²) in [6.45, 7) is 2.89. The van der Waals surface area contributed by atoms with Crippen molar-refractivity contribution < 1.29 is 9.18 Å². The average molecular weight is 441 g/mol. The molecule has 30 heavy (non-hydrogen) atoms. The Kier molecular flexibility index (Phi) is 5.92. The number of rotatable bonds is 6. The van der Waals surface area contributed by atoms with Gasteiger partial charge in [0.1, 0.15) is 16.5 Å². The summed E-state index contributed by atoms with van der Waals surface area (Å²) < 4.78 is 13.0. The SMILES string of the molecule is Cc1cc2c(NCc3ccc(C(=O)NCc4ccc(F)cc4)cc3)nc(Cl)nc2s1. The van der Waals surface area contributed by atoms with Crippen LogP contribution in [0.3, 0.4) is 0 Å². The van der Waals surface area contributed by atoms with Gasteiger partial charge >= 0.3 is 0 Å². The molecule has 0 saturated heterocycles. The minimum absolute atomic E-state index is 0.183. The van der Waals surface area contributed by atoms with E-state index in [0.29, 0.717) is 24.5 Å². The number of halogens is 2. The lowest BCUT2D eigenvalue weighted by Crippen LogP contribution is -2.22. The molecule has 4 aromatic rings. The number of nitrogens with one attached hydrogen (secondary N) is 2. The number of aromatic nitrogens is 2. The molecule has 0 bridgehead atoms. The van der Waals surface area contributed by atoms with Crippen molar-refractivity contribution in [3.8, 4) is 0 Å². The molecule has 4 rings (SSSR count). The number of fused-ring (bicyclic) bond motifs is 1. The highest BCUT2D eigenvalue weighted by Gasteiger charge is 2.10. The number of hydrogen-bond acceptors (Lipinski definition) is 5. The van der Waals surface area contributed by atoms with E-state index in [2.05, 4.69) is 20.6 Å². The number of hydrogen-bond donors (Lipinski definition) is 2. The molecule has 5 nitrogen and oxygen atoms in total. The lowest BCUT2D eigenvalue weighted by Gasteiger charge is -2.09. The Morgan fingerprint density at radius 2 is 1.70 bits per heavy atom. The molecule has 0 aliphatic carbocycles. The van der Waals surface area contributed by atoms with Gasteiger partial charge in [0, 0.05) is 23.5 Å². The number of amides is 1. The van der Waals surface area contributed by atoms with Crippen molar-refractivity contribution >= 4 is 44.9 Å². The number of thiophene rings is 1. The molecule has 0 aliphatic heterocycles. The maximum atomic E-state index is 13.0. The summed E-state index contributed by atoms with van der Waals surface area (Å²) >= 11 is 7.61. The van der Waals surface area contributed by atoms with E-state index in [1.54, 1.807) is 35.6 Å².